The molecule has 0 atom stereocenters. The van der Waals surface area contributed by atoms with E-state index in [2.05, 4.69) is 26.2 Å². The third-order valence-electron chi connectivity index (χ3n) is 1.87. The van der Waals surface area contributed by atoms with Gasteiger partial charge in [0.1, 0.15) is 0 Å². The first-order chi connectivity index (χ1) is 6.31. The van der Waals surface area contributed by atoms with Crippen molar-refractivity contribution in [3.05, 3.63) is 12.3 Å². The Morgan fingerprint density at radius 3 is 2.29 bits per heavy atom. The summed E-state index contributed by atoms with van der Waals surface area (Å²) in [6.07, 6.45) is 0.622. The minimum Gasteiger partial charge on any atom is -0.548 e. The van der Waals surface area contributed by atoms with E-state index in [-0.39, 0.29) is 0 Å². The van der Waals surface area contributed by atoms with Crippen LogP contribution in [0.4, 0.5) is 0 Å². The highest BCUT2D eigenvalue weighted by Crippen LogP contribution is 2.27. The van der Waals surface area contributed by atoms with Gasteiger partial charge in [0.15, 0.2) is 5.79 Å². The van der Waals surface area contributed by atoms with Gasteiger partial charge in [0.25, 0.3) is 0 Å². The van der Waals surface area contributed by atoms with Crippen LogP contribution in [-0.4, -0.2) is 27.3 Å². The third kappa shape index (κ3) is 3.82. The van der Waals surface area contributed by atoms with Crippen molar-refractivity contribution in [1.29, 1.82) is 0 Å². The Kier molecular flexibility index (Phi) is 3.39. The highest BCUT2D eigenvalue weighted by Gasteiger charge is 2.33. The van der Waals surface area contributed by atoms with Crippen molar-refractivity contribution in [2.24, 2.45) is 0 Å². The van der Waals surface area contributed by atoms with Crippen LogP contribution in [0.25, 0.3) is 0 Å². The van der Waals surface area contributed by atoms with E-state index in [1.807, 2.05) is 6.92 Å². The van der Waals surface area contributed by atoms with E-state index in [9.17, 15) is 0 Å². The summed E-state index contributed by atoms with van der Waals surface area (Å²) in [5, 5.41) is 0. The highest BCUT2D eigenvalue weighted by molar-refractivity contribution is 6.70. The van der Waals surface area contributed by atoms with Gasteiger partial charge in [0.2, 0.25) is 8.32 Å². The second-order valence-electron chi connectivity index (χ2n) is 4.76. The summed E-state index contributed by atoms with van der Waals surface area (Å²) >= 11 is 0. The molecule has 0 aromatic heterocycles. The number of ether oxygens (including phenoxy) is 2. The van der Waals surface area contributed by atoms with Gasteiger partial charge in [-0.2, -0.15) is 0 Å². The SMILES string of the molecule is C=C(CC1(C)OCCO1)O[Si](C)(C)C. The molecule has 1 aliphatic heterocycles. The van der Waals surface area contributed by atoms with Gasteiger partial charge in [-0.15, -0.1) is 0 Å². The van der Waals surface area contributed by atoms with Crippen LogP contribution >= 0.6 is 0 Å². The van der Waals surface area contributed by atoms with Crippen LogP contribution < -0.4 is 0 Å². The first-order valence-corrected chi connectivity index (χ1v) is 8.36. The van der Waals surface area contributed by atoms with Crippen LogP contribution in [0.5, 0.6) is 0 Å². The van der Waals surface area contributed by atoms with Crippen LogP contribution in [0.3, 0.4) is 0 Å². The molecule has 4 heteroatoms. The molecule has 0 spiro atoms. The lowest BCUT2D eigenvalue weighted by Crippen LogP contribution is -2.30. The molecule has 0 N–H and O–H groups in total. The first kappa shape index (κ1) is 11.7. The molecule has 1 rings (SSSR count). The molecule has 0 aliphatic carbocycles. The smallest absolute Gasteiger partial charge is 0.241 e. The Bertz CT molecular complexity index is 214. The van der Waals surface area contributed by atoms with Crippen LogP contribution in [-0.2, 0) is 13.9 Å². The van der Waals surface area contributed by atoms with Gasteiger partial charge in [-0.05, 0) is 26.6 Å². The van der Waals surface area contributed by atoms with Gasteiger partial charge in [-0.25, -0.2) is 0 Å². The highest BCUT2D eigenvalue weighted by atomic mass is 28.4. The molecule has 0 aromatic rings. The van der Waals surface area contributed by atoms with Crippen LogP contribution in [0.1, 0.15) is 13.3 Å². The van der Waals surface area contributed by atoms with Crippen LogP contribution in [0.15, 0.2) is 12.3 Å². The summed E-state index contributed by atoms with van der Waals surface area (Å²) in [4.78, 5) is 0. The van der Waals surface area contributed by atoms with E-state index in [0.717, 1.165) is 5.76 Å². The van der Waals surface area contributed by atoms with E-state index in [1.165, 1.54) is 0 Å². The predicted molar refractivity (Wildman–Crippen MR) is 58.5 cm³/mol. The lowest BCUT2D eigenvalue weighted by atomic mass is 10.2. The summed E-state index contributed by atoms with van der Waals surface area (Å²) < 4.78 is 16.7. The van der Waals surface area contributed by atoms with Crippen molar-refractivity contribution < 1.29 is 13.9 Å². The van der Waals surface area contributed by atoms with Crippen molar-refractivity contribution >= 4 is 8.32 Å². The molecule has 1 saturated heterocycles. The lowest BCUT2D eigenvalue weighted by Gasteiger charge is -2.27. The monoisotopic (exact) mass is 216 g/mol. The summed E-state index contributed by atoms with van der Waals surface area (Å²) in [6.45, 7) is 13.6. The van der Waals surface area contributed by atoms with Gasteiger partial charge in [-0.1, -0.05) is 6.58 Å². The standard InChI is InChI=1S/C10H20O3Si/c1-9(13-14(3,4)5)8-10(2)11-6-7-12-10/h1,6-8H2,2-5H3. The maximum Gasteiger partial charge on any atom is 0.241 e. The predicted octanol–water partition coefficient (Wildman–Crippen LogP) is 2.50. The number of hydrogen-bond acceptors (Lipinski definition) is 3. The molecule has 0 bridgehead atoms. The molecule has 82 valence electrons. The summed E-state index contributed by atoms with van der Waals surface area (Å²) in [7, 11) is -1.54. The van der Waals surface area contributed by atoms with Crippen molar-refractivity contribution in [3.63, 3.8) is 0 Å². The minimum atomic E-state index is -1.54. The van der Waals surface area contributed by atoms with Crippen LogP contribution in [0.2, 0.25) is 19.6 Å². The molecule has 0 amide bonds. The van der Waals surface area contributed by atoms with Gasteiger partial charge in [-0.3, -0.25) is 0 Å². The average Bonchev–Trinajstić information content (AvgIpc) is 2.30. The fourth-order valence-electron chi connectivity index (χ4n) is 1.49. The summed E-state index contributed by atoms with van der Waals surface area (Å²) in [5.74, 6) is 0.255. The molecule has 14 heavy (non-hydrogen) atoms. The third-order valence-corrected chi connectivity index (χ3v) is 2.77. The van der Waals surface area contributed by atoms with Crippen molar-refractivity contribution in [2.75, 3.05) is 13.2 Å². The Morgan fingerprint density at radius 1 is 1.36 bits per heavy atom. The lowest BCUT2D eigenvalue weighted by molar-refractivity contribution is -0.143. The van der Waals surface area contributed by atoms with Crippen LogP contribution in [0, 0.1) is 0 Å². The van der Waals surface area contributed by atoms with E-state index < -0.39 is 14.1 Å². The maximum atomic E-state index is 5.75. The van der Waals surface area contributed by atoms with E-state index in [4.69, 9.17) is 13.9 Å². The molecule has 0 aromatic carbocycles. The molecular weight excluding hydrogens is 196 g/mol. The largest absolute Gasteiger partial charge is 0.548 e. The quantitative estimate of drug-likeness (QED) is 0.534. The second-order valence-corrected chi connectivity index (χ2v) is 9.19. The topological polar surface area (TPSA) is 27.7 Å². The number of rotatable bonds is 4. The fraction of sp³-hybridized carbons (Fsp3) is 0.800. The summed E-state index contributed by atoms with van der Waals surface area (Å²) in [5.41, 5.74) is 0. The second kappa shape index (κ2) is 4.04. The zero-order valence-electron chi connectivity index (χ0n) is 9.55. The zero-order chi connectivity index (χ0) is 10.8. The Balaban J connectivity index is 2.40. The Morgan fingerprint density at radius 2 is 1.86 bits per heavy atom. The van der Waals surface area contributed by atoms with Crippen molar-refractivity contribution in [3.8, 4) is 0 Å². The minimum absolute atomic E-state index is 0.517. The van der Waals surface area contributed by atoms with Gasteiger partial charge in [0, 0.05) is 0 Å². The molecule has 0 radical (unpaired) electrons. The fourth-order valence-corrected chi connectivity index (χ4v) is 2.42. The van der Waals surface area contributed by atoms with Gasteiger partial charge >= 0.3 is 0 Å². The number of hydrogen-bond donors (Lipinski definition) is 0. The van der Waals surface area contributed by atoms with E-state index >= 15 is 0 Å². The Labute approximate surface area is 87.2 Å². The molecule has 1 heterocycles. The summed E-state index contributed by atoms with van der Waals surface area (Å²) in [6, 6.07) is 0. The maximum absolute atomic E-state index is 5.75. The van der Waals surface area contributed by atoms with Gasteiger partial charge in [0.05, 0.1) is 25.4 Å². The molecule has 3 nitrogen and oxygen atoms in total. The molecule has 0 unspecified atom stereocenters. The van der Waals surface area contributed by atoms with E-state index in [0.29, 0.717) is 19.6 Å². The van der Waals surface area contributed by atoms with Crippen molar-refractivity contribution in [2.45, 2.75) is 38.8 Å². The van der Waals surface area contributed by atoms with Gasteiger partial charge < -0.3 is 13.9 Å². The Hall–Kier alpha value is -0.323. The van der Waals surface area contributed by atoms with E-state index in [1.54, 1.807) is 0 Å². The molecule has 1 fully saturated rings. The molecule has 1 aliphatic rings. The normalized spacial score (nSPS) is 20.9. The average molecular weight is 216 g/mol. The zero-order valence-corrected chi connectivity index (χ0v) is 10.6. The molecular formula is C10H20O3Si. The van der Waals surface area contributed by atoms with Crippen molar-refractivity contribution in [1.82, 2.24) is 0 Å². The first-order valence-electron chi connectivity index (χ1n) is 4.95. The molecule has 0 saturated carbocycles.